The average molecular weight is 260 g/mol. The molecule has 0 fully saturated rings. The molecule has 19 heavy (non-hydrogen) atoms. The molecule has 1 aliphatic rings. The number of imidazole rings is 1. The first-order valence-electron chi connectivity index (χ1n) is 5.81. The first kappa shape index (κ1) is 11.5. The molecule has 0 bridgehead atoms. The van der Waals surface area contributed by atoms with Crippen LogP contribution >= 0.6 is 0 Å². The second-order valence-corrected chi connectivity index (χ2v) is 4.29. The lowest BCUT2D eigenvalue weighted by molar-refractivity contribution is -0.384. The predicted octanol–water partition coefficient (Wildman–Crippen LogP) is 0.789. The lowest BCUT2D eigenvalue weighted by Gasteiger charge is -2.28. The van der Waals surface area contributed by atoms with Gasteiger partial charge in [-0.05, 0) is 6.07 Å². The number of hydrogen-bond acceptors (Lipinski definition) is 6. The molecule has 8 nitrogen and oxygen atoms in total. The van der Waals surface area contributed by atoms with Gasteiger partial charge in [-0.25, -0.2) is 9.97 Å². The second-order valence-electron chi connectivity index (χ2n) is 4.29. The Balaban J connectivity index is 1.99. The molecular weight excluding hydrogens is 248 g/mol. The van der Waals surface area contributed by atoms with Crippen LogP contribution in [0.5, 0.6) is 0 Å². The van der Waals surface area contributed by atoms with E-state index < -0.39 is 4.92 Å². The van der Waals surface area contributed by atoms with Crippen molar-refractivity contribution in [1.82, 2.24) is 14.5 Å². The molecule has 98 valence electrons. The summed E-state index contributed by atoms with van der Waals surface area (Å²) in [6.45, 7) is 1.86. The maximum atomic E-state index is 11.0. The highest BCUT2D eigenvalue weighted by Gasteiger charge is 2.25. The third-order valence-corrected chi connectivity index (χ3v) is 3.12. The lowest BCUT2D eigenvalue weighted by atomic mass is 10.3. The van der Waals surface area contributed by atoms with E-state index in [1.54, 1.807) is 6.20 Å². The summed E-state index contributed by atoms with van der Waals surface area (Å²) in [7, 11) is 0. The van der Waals surface area contributed by atoms with Crippen molar-refractivity contribution in [2.75, 3.05) is 17.2 Å². The van der Waals surface area contributed by atoms with Crippen molar-refractivity contribution in [1.29, 1.82) is 0 Å². The number of anilines is 2. The molecule has 0 saturated heterocycles. The molecule has 0 saturated carbocycles. The van der Waals surface area contributed by atoms with Gasteiger partial charge >= 0.3 is 5.69 Å². The number of hydrogen-bond donors (Lipinski definition) is 1. The summed E-state index contributed by atoms with van der Waals surface area (Å²) in [5, 5.41) is 11.0. The van der Waals surface area contributed by atoms with Crippen molar-refractivity contribution in [3.05, 3.63) is 40.5 Å². The fourth-order valence-corrected chi connectivity index (χ4v) is 2.19. The number of fused-ring (bicyclic) bond motifs is 1. The number of aromatic nitrogens is 3. The van der Waals surface area contributed by atoms with Crippen LogP contribution in [0.25, 0.3) is 0 Å². The molecule has 3 heterocycles. The van der Waals surface area contributed by atoms with Crippen molar-refractivity contribution >= 4 is 17.3 Å². The predicted molar refractivity (Wildman–Crippen MR) is 68.6 cm³/mol. The summed E-state index contributed by atoms with van der Waals surface area (Å²) in [6, 6.07) is 2.82. The molecule has 1 aliphatic heterocycles. The van der Waals surface area contributed by atoms with Crippen molar-refractivity contribution < 1.29 is 4.92 Å². The van der Waals surface area contributed by atoms with Crippen LogP contribution in [0.1, 0.15) is 5.82 Å². The molecular formula is C11H12N6O2. The highest BCUT2D eigenvalue weighted by molar-refractivity contribution is 5.61. The normalized spacial score (nSPS) is 14.2. The maximum Gasteiger partial charge on any atom is 0.311 e. The van der Waals surface area contributed by atoms with Crippen molar-refractivity contribution in [2.45, 2.75) is 13.1 Å². The Bertz CT molecular complexity index is 638. The summed E-state index contributed by atoms with van der Waals surface area (Å²) >= 11 is 0. The third kappa shape index (κ3) is 1.96. The zero-order valence-electron chi connectivity index (χ0n) is 10.1. The van der Waals surface area contributed by atoms with E-state index in [-0.39, 0.29) is 11.5 Å². The van der Waals surface area contributed by atoms with Gasteiger partial charge in [0.1, 0.15) is 11.6 Å². The van der Waals surface area contributed by atoms with E-state index in [0.29, 0.717) is 18.9 Å². The number of nitrogens with two attached hydrogens (primary N) is 1. The number of nitro groups is 1. The van der Waals surface area contributed by atoms with E-state index in [1.807, 2.05) is 15.7 Å². The van der Waals surface area contributed by atoms with Crippen LogP contribution in [-0.2, 0) is 13.1 Å². The van der Waals surface area contributed by atoms with Crippen molar-refractivity contribution in [2.24, 2.45) is 0 Å². The van der Waals surface area contributed by atoms with Gasteiger partial charge in [-0.1, -0.05) is 0 Å². The number of pyridine rings is 1. The molecule has 0 amide bonds. The highest BCUT2D eigenvalue weighted by Crippen LogP contribution is 2.29. The van der Waals surface area contributed by atoms with Crippen LogP contribution in [0.4, 0.5) is 17.3 Å². The summed E-state index contributed by atoms with van der Waals surface area (Å²) in [4.78, 5) is 20.8. The summed E-state index contributed by atoms with van der Waals surface area (Å²) < 4.78 is 2.02. The molecule has 0 radical (unpaired) electrons. The summed E-state index contributed by atoms with van der Waals surface area (Å²) in [6.07, 6.45) is 3.62. The van der Waals surface area contributed by atoms with E-state index in [1.165, 1.54) is 12.1 Å². The topological polar surface area (TPSA) is 103 Å². The van der Waals surface area contributed by atoms with Gasteiger partial charge in [-0.3, -0.25) is 10.1 Å². The van der Waals surface area contributed by atoms with Crippen LogP contribution in [0, 0.1) is 10.1 Å². The molecule has 2 N–H and O–H groups in total. The van der Waals surface area contributed by atoms with Crippen LogP contribution in [0.2, 0.25) is 0 Å². The van der Waals surface area contributed by atoms with Crippen LogP contribution in [0.3, 0.4) is 0 Å². The minimum Gasteiger partial charge on any atom is -0.384 e. The van der Waals surface area contributed by atoms with E-state index in [4.69, 9.17) is 5.73 Å². The monoisotopic (exact) mass is 260 g/mol. The van der Waals surface area contributed by atoms with E-state index in [2.05, 4.69) is 9.97 Å². The Kier molecular flexibility index (Phi) is 2.55. The fourth-order valence-electron chi connectivity index (χ4n) is 2.19. The van der Waals surface area contributed by atoms with Gasteiger partial charge in [0, 0.05) is 31.5 Å². The van der Waals surface area contributed by atoms with Crippen LogP contribution < -0.4 is 10.6 Å². The first-order chi connectivity index (χ1) is 9.15. The van der Waals surface area contributed by atoms with Crippen LogP contribution in [0.15, 0.2) is 24.5 Å². The number of nitrogen functional groups attached to an aromatic ring is 1. The minimum absolute atomic E-state index is 0.0331. The van der Waals surface area contributed by atoms with Gasteiger partial charge < -0.3 is 15.2 Å². The second kappa shape index (κ2) is 4.23. The summed E-state index contributed by atoms with van der Waals surface area (Å²) in [5.74, 6) is 1.44. The van der Waals surface area contributed by atoms with Crippen molar-refractivity contribution in [3.63, 3.8) is 0 Å². The Morgan fingerprint density at radius 3 is 3.00 bits per heavy atom. The van der Waals surface area contributed by atoms with E-state index in [0.717, 1.165) is 12.4 Å². The van der Waals surface area contributed by atoms with E-state index >= 15 is 0 Å². The third-order valence-electron chi connectivity index (χ3n) is 3.12. The molecule has 2 aromatic heterocycles. The van der Waals surface area contributed by atoms with Gasteiger partial charge in [0.05, 0.1) is 11.5 Å². The molecule has 0 aliphatic carbocycles. The Hall–Kier alpha value is -2.64. The van der Waals surface area contributed by atoms with E-state index in [9.17, 15) is 10.1 Å². The Morgan fingerprint density at radius 1 is 1.37 bits per heavy atom. The molecule has 0 spiro atoms. The lowest BCUT2D eigenvalue weighted by Crippen LogP contribution is -2.34. The zero-order valence-corrected chi connectivity index (χ0v) is 10.1. The first-order valence-corrected chi connectivity index (χ1v) is 5.81. The number of nitrogens with zero attached hydrogens (tertiary/aromatic N) is 5. The van der Waals surface area contributed by atoms with Gasteiger partial charge in [0.15, 0.2) is 0 Å². The number of rotatable bonds is 2. The Morgan fingerprint density at radius 2 is 2.21 bits per heavy atom. The highest BCUT2D eigenvalue weighted by atomic mass is 16.6. The molecule has 3 rings (SSSR count). The van der Waals surface area contributed by atoms with Gasteiger partial charge in [0.2, 0.25) is 5.82 Å². The standard InChI is InChI=1S/C11H12N6O2/c12-9-2-1-8(17(18)19)11(14-9)16-6-5-15-4-3-13-10(15)7-16/h1-4H,5-7H2,(H2,12,14). The minimum atomic E-state index is -0.442. The quantitative estimate of drug-likeness (QED) is 0.632. The smallest absolute Gasteiger partial charge is 0.311 e. The molecule has 2 aromatic rings. The average Bonchev–Trinajstić information content (AvgIpc) is 2.85. The SMILES string of the molecule is Nc1ccc([N+](=O)[O-])c(N2CCn3ccnc3C2)n1. The fraction of sp³-hybridized carbons (Fsp3) is 0.273. The summed E-state index contributed by atoms with van der Waals surface area (Å²) in [5.41, 5.74) is 5.59. The molecule has 8 heteroatoms. The molecule has 0 unspecified atom stereocenters. The van der Waals surface area contributed by atoms with Gasteiger partial charge in [0.25, 0.3) is 0 Å². The van der Waals surface area contributed by atoms with Crippen molar-refractivity contribution in [3.8, 4) is 0 Å². The van der Waals surface area contributed by atoms with Gasteiger partial charge in [-0.15, -0.1) is 0 Å². The van der Waals surface area contributed by atoms with Gasteiger partial charge in [-0.2, -0.15) is 0 Å². The Labute approximate surface area is 108 Å². The largest absolute Gasteiger partial charge is 0.384 e. The molecule has 0 aromatic carbocycles. The molecule has 0 atom stereocenters. The maximum absolute atomic E-state index is 11.0. The van der Waals surface area contributed by atoms with Crippen LogP contribution in [-0.4, -0.2) is 26.0 Å². The zero-order chi connectivity index (χ0) is 13.4.